The number of phenolic OH excluding ortho intramolecular Hbond substituents is 1. The number of hydrogen-bond acceptors (Lipinski definition) is 2. The number of phenols is 1. The number of benzene rings is 1. The summed E-state index contributed by atoms with van der Waals surface area (Å²) in [6, 6.07) is 5.51. The summed E-state index contributed by atoms with van der Waals surface area (Å²) >= 11 is 3.28. The Morgan fingerprint density at radius 1 is 1.50 bits per heavy atom. The zero-order valence-electron chi connectivity index (χ0n) is 8.33. The van der Waals surface area contributed by atoms with E-state index >= 15 is 0 Å². The number of rotatable bonds is 4. The molecule has 0 radical (unpaired) electrons. The van der Waals surface area contributed by atoms with Crippen LogP contribution >= 0.6 is 15.9 Å². The van der Waals surface area contributed by atoms with E-state index in [1.165, 1.54) is 0 Å². The summed E-state index contributed by atoms with van der Waals surface area (Å²) in [5.74, 6) is 0.261. The lowest BCUT2D eigenvalue weighted by molar-refractivity contribution is 0.471. The summed E-state index contributed by atoms with van der Waals surface area (Å²) in [5.41, 5.74) is 7.07. The van der Waals surface area contributed by atoms with Gasteiger partial charge in [0.05, 0.1) is 4.47 Å². The Hall–Kier alpha value is -0.540. The van der Waals surface area contributed by atoms with Crippen molar-refractivity contribution >= 4 is 15.9 Å². The van der Waals surface area contributed by atoms with E-state index in [4.69, 9.17) is 5.73 Å². The second-order valence-electron chi connectivity index (χ2n) is 3.46. The summed E-state index contributed by atoms with van der Waals surface area (Å²) in [6.45, 7) is 2.15. The fourth-order valence-electron chi connectivity index (χ4n) is 1.34. The van der Waals surface area contributed by atoms with Gasteiger partial charge in [-0.15, -0.1) is 0 Å². The van der Waals surface area contributed by atoms with Gasteiger partial charge in [-0.2, -0.15) is 0 Å². The topological polar surface area (TPSA) is 46.2 Å². The molecule has 0 saturated heterocycles. The molecule has 1 rings (SSSR count). The highest BCUT2D eigenvalue weighted by molar-refractivity contribution is 9.10. The summed E-state index contributed by atoms with van der Waals surface area (Å²) in [5, 5.41) is 9.31. The molecule has 0 heterocycles. The van der Waals surface area contributed by atoms with Gasteiger partial charge >= 0.3 is 0 Å². The third-order valence-electron chi connectivity index (χ3n) is 2.27. The maximum absolute atomic E-state index is 9.31. The minimum absolute atomic E-state index is 0.0758. The first-order chi connectivity index (χ1) is 6.65. The number of halogens is 1. The lowest BCUT2D eigenvalue weighted by Crippen LogP contribution is -2.09. The maximum Gasteiger partial charge on any atom is 0.129 e. The smallest absolute Gasteiger partial charge is 0.129 e. The quantitative estimate of drug-likeness (QED) is 0.869. The van der Waals surface area contributed by atoms with Gasteiger partial charge in [0.25, 0.3) is 0 Å². The first-order valence-electron chi connectivity index (χ1n) is 4.89. The molecule has 0 aliphatic rings. The van der Waals surface area contributed by atoms with Gasteiger partial charge < -0.3 is 10.8 Å². The minimum atomic E-state index is 0.0758. The van der Waals surface area contributed by atoms with Gasteiger partial charge in [0, 0.05) is 6.04 Å². The molecule has 0 amide bonds. The highest BCUT2D eigenvalue weighted by atomic mass is 79.9. The molecule has 0 aromatic heterocycles. The number of unbranched alkanes of at least 4 members (excludes halogenated alkanes) is 1. The first-order valence-corrected chi connectivity index (χ1v) is 5.68. The molecular weight excluding hydrogens is 242 g/mol. The van der Waals surface area contributed by atoms with Crippen LogP contribution in [0.3, 0.4) is 0 Å². The van der Waals surface area contributed by atoms with E-state index in [2.05, 4.69) is 22.9 Å². The van der Waals surface area contributed by atoms with Crippen LogP contribution in [-0.2, 0) is 0 Å². The second-order valence-corrected chi connectivity index (χ2v) is 4.31. The Balaban J connectivity index is 2.70. The van der Waals surface area contributed by atoms with Crippen LogP contribution in [0.15, 0.2) is 22.7 Å². The molecule has 0 fully saturated rings. The summed E-state index contributed by atoms with van der Waals surface area (Å²) < 4.78 is 0.710. The summed E-state index contributed by atoms with van der Waals surface area (Å²) in [7, 11) is 0. The van der Waals surface area contributed by atoms with E-state index < -0.39 is 0 Å². The Kier molecular flexibility index (Phi) is 4.42. The van der Waals surface area contributed by atoms with E-state index in [0.29, 0.717) is 4.47 Å². The monoisotopic (exact) mass is 257 g/mol. The Labute approximate surface area is 93.3 Å². The van der Waals surface area contributed by atoms with Crippen molar-refractivity contribution in [1.82, 2.24) is 0 Å². The van der Waals surface area contributed by atoms with Crippen LogP contribution in [0.1, 0.15) is 37.8 Å². The Morgan fingerprint density at radius 3 is 2.79 bits per heavy atom. The van der Waals surface area contributed by atoms with Crippen LogP contribution in [0.5, 0.6) is 5.75 Å². The predicted octanol–water partition coefficient (Wildman–Crippen LogP) is 3.34. The van der Waals surface area contributed by atoms with E-state index in [-0.39, 0.29) is 11.8 Å². The van der Waals surface area contributed by atoms with Crippen LogP contribution in [0.4, 0.5) is 0 Å². The fourth-order valence-corrected chi connectivity index (χ4v) is 1.74. The van der Waals surface area contributed by atoms with E-state index in [1.807, 2.05) is 12.1 Å². The number of hydrogen-bond donors (Lipinski definition) is 2. The van der Waals surface area contributed by atoms with Gasteiger partial charge in [0.15, 0.2) is 0 Å². The van der Waals surface area contributed by atoms with Crippen molar-refractivity contribution in [3.8, 4) is 5.75 Å². The van der Waals surface area contributed by atoms with Gasteiger partial charge in [0.1, 0.15) is 5.75 Å². The molecule has 0 unspecified atom stereocenters. The molecule has 14 heavy (non-hydrogen) atoms. The lowest BCUT2D eigenvalue weighted by atomic mass is 10.0. The molecule has 0 aliphatic heterocycles. The van der Waals surface area contributed by atoms with Crippen molar-refractivity contribution in [2.75, 3.05) is 0 Å². The number of aromatic hydroxyl groups is 1. The fraction of sp³-hybridized carbons (Fsp3) is 0.455. The highest BCUT2D eigenvalue weighted by Gasteiger charge is 2.07. The van der Waals surface area contributed by atoms with Crippen LogP contribution in [0.25, 0.3) is 0 Å². The van der Waals surface area contributed by atoms with Crippen molar-refractivity contribution in [3.05, 3.63) is 28.2 Å². The molecule has 2 nitrogen and oxygen atoms in total. The maximum atomic E-state index is 9.31. The third-order valence-corrected chi connectivity index (χ3v) is 2.90. The molecule has 78 valence electrons. The van der Waals surface area contributed by atoms with Crippen molar-refractivity contribution in [1.29, 1.82) is 0 Å². The summed E-state index contributed by atoms with van der Waals surface area (Å²) in [4.78, 5) is 0. The average molecular weight is 258 g/mol. The van der Waals surface area contributed by atoms with Crippen molar-refractivity contribution in [3.63, 3.8) is 0 Å². The zero-order valence-corrected chi connectivity index (χ0v) is 9.92. The van der Waals surface area contributed by atoms with Gasteiger partial charge in [-0.3, -0.25) is 0 Å². The minimum Gasteiger partial charge on any atom is -0.507 e. The molecule has 0 aliphatic carbocycles. The molecule has 0 spiro atoms. The largest absolute Gasteiger partial charge is 0.507 e. The number of nitrogens with two attached hydrogens (primary N) is 1. The van der Waals surface area contributed by atoms with Crippen LogP contribution in [-0.4, -0.2) is 5.11 Å². The Bertz CT molecular complexity index is 301. The summed E-state index contributed by atoms with van der Waals surface area (Å²) in [6.07, 6.45) is 3.29. The van der Waals surface area contributed by atoms with Gasteiger partial charge in [-0.1, -0.05) is 25.8 Å². The van der Waals surface area contributed by atoms with E-state index in [0.717, 1.165) is 24.8 Å². The SMILES string of the molecule is CCCC[C@@H](N)c1ccc(O)c(Br)c1. The predicted molar refractivity (Wildman–Crippen MR) is 62.3 cm³/mol. The molecule has 1 aromatic carbocycles. The molecule has 3 heteroatoms. The standard InChI is InChI=1S/C11H16BrNO/c1-2-3-4-10(13)8-5-6-11(14)9(12)7-8/h5-7,10,14H,2-4,13H2,1H3/t10-/m1/s1. The second kappa shape index (κ2) is 5.37. The normalized spacial score (nSPS) is 12.8. The van der Waals surface area contributed by atoms with E-state index in [9.17, 15) is 5.11 Å². The molecule has 1 aromatic rings. The van der Waals surface area contributed by atoms with Gasteiger partial charge in [0.2, 0.25) is 0 Å². The van der Waals surface area contributed by atoms with E-state index in [1.54, 1.807) is 6.07 Å². The molecular formula is C11H16BrNO. The van der Waals surface area contributed by atoms with Crippen molar-refractivity contribution in [2.24, 2.45) is 5.73 Å². The van der Waals surface area contributed by atoms with Crippen LogP contribution in [0, 0.1) is 0 Å². The van der Waals surface area contributed by atoms with Gasteiger partial charge in [-0.25, -0.2) is 0 Å². The van der Waals surface area contributed by atoms with Crippen LogP contribution in [0.2, 0.25) is 0 Å². The molecule has 0 saturated carbocycles. The molecule has 1 atom stereocenters. The highest BCUT2D eigenvalue weighted by Crippen LogP contribution is 2.27. The molecule has 0 bridgehead atoms. The van der Waals surface area contributed by atoms with Crippen molar-refractivity contribution < 1.29 is 5.11 Å². The first kappa shape index (κ1) is 11.5. The third kappa shape index (κ3) is 3.00. The van der Waals surface area contributed by atoms with Crippen LogP contribution < -0.4 is 5.73 Å². The van der Waals surface area contributed by atoms with Gasteiger partial charge in [-0.05, 0) is 40.0 Å². The Morgan fingerprint density at radius 2 is 2.21 bits per heavy atom. The lowest BCUT2D eigenvalue weighted by Gasteiger charge is -2.12. The van der Waals surface area contributed by atoms with Crippen molar-refractivity contribution in [2.45, 2.75) is 32.2 Å². The average Bonchev–Trinajstić information content (AvgIpc) is 2.18. The molecule has 3 N–H and O–H groups in total. The zero-order chi connectivity index (χ0) is 10.6.